The van der Waals surface area contributed by atoms with Gasteiger partial charge in [0.05, 0.1) is 16.1 Å². The van der Waals surface area contributed by atoms with Crippen LogP contribution in [-0.2, 0) is 6.42 Å². The van der Waals surface area contributed by atoms with Gasteiger partial charge in [0.25, 0.3) is 0 Å². The summed E-state index contributed by atoms with van der Waals surface area (Å²) in [6.07, 6.45) is 0.955. The van der Waals surface area contributed by atoms with Gasteiger partial charge < -0.3 is 5.32 Å². The molecule has 3 rings (SSSR count). The average Bonchev–Trinajstić information content (AvgIpc) is 2.76. The molecule has 1 aliphatic rings. The fraction of sp³-hybridized carbons (Fsp3) is 0.143. The maximum atomic E-state index is 6.24. The highest BCUT2D eigenvalue weighted by atomic mass is 35.5. The SMILES string of the molecule is Clc1cccc(C2Cc3ccccc3N2)c1Cl. The molecule has 0 saturated heterocycles. The van der Waals surface area contributed by atoms with Gasteiger partial charge in [-0.3, -0.25) is 0 Å². The molecule has 2 aromatic carbocycles. The van der Waals surface area contributed by atoms with Crippen LogP contribution in [0, 0.1) is 0 Å². The maximum absolute atomic E-state index is 6.24. The standard InChI is InChI=1S/C14H11Cl2N/c15-11-6-3-5-10(14(11)16)13-8-9-4-1-2-7-12(9)17-13/h1-7,13,17H,8H2. The van der Waals surface area contributed by atoms with Crippen molar-refractivity contribution in [1.82, 2.24) is 0 Å². The van der Waals surface area contributed by atoms with Gasteiger partial charge in [0.2, 0.25) is 0 Å². The molecule has 1 atom stereocenters. The van der Waals surface area contributed by atoms with Crippen molar-refractivity contribution in [3.63, 3.8) is 0 Å². The Balaban J connectivity index is 1.97. The summed E-state index contributed by atoms with van der Waals surface area (Å²) in [5, 5.41) is 4.74. The van der Waals surface area contributed by atoms with E-state index in [4.69, 9.17) is 23.2 Å². The molecular formula is C14H11Cl2N. The molecule has 86 valence electrons. The van der Waals surface area contributed by atoms with Crippen molar-refractivity contribution in [2.45, 2.75) is 12.5 Å². The van der Waals surface area contributed by atoms with Gasteiger partial charge in [-0.15, -0.1) is 0 Å². The Morgan fingerprint density at radius 1 is 1.00 bits per heavy atom. The Morgan fingerprint density at radius 3 is 2.65 bits per heavy atom. The van der Waals surface area contributed by atoms with Crippen LogP contribution in [0.2, 0.25) is 10.0 Å². The number of halogens is 2. The first-order chi connectivity index (χ1) is 8.25. The summed E-state index contributed by atoms with van der Waals surface area (Å²) >= 11 is 12.3. The maximum Gasteiger partial charge on any atom is 0.0645 e. The average molecular weight is 264 g/mol. The number of rotatable bonds is 1. The van der Waals surface area contributed by atoms with Crippen molar-refractivity contribution in [3.8, 4) is 0 Å². The van der Waals surface area contributed by atoms with E-state index in [1.165, 1.54) is 11.3 Å². The lowest BCUT2D eigenvalue weighted by Crippen LogP contribution is -2.06. The molecule has 1 heterocycles. The van der Waals surface area contributed by atoms with Gasteiger partial charge in [-0.25, -0.2) is 0 Å². The van der Waals surface area contributed by atoms with Crippen molar-refractivity contribution < 1.29 is 0 Å². The lowest BCUT2D eigenvalue weighted by Gasteiger charge is -2.14. The fourth-order valence-corrected chi connectivity index (χ4v) is 2.71. The van der Waals surface area contributed by atoms with Crippen LogP contribution in [0.5, 0.6) is 0 Å². The Labute approximate surface area is 110 Å². The smallest absolute Gasteiger partial charge is 0.0645 e. The van der Waals surface area contributed by atoms with E-state index in [1.807, 2.05) is 24.3 Å². The summed E-state index contributed by atoms with van der Waals surface area (Å²) in [7, 11) is 0. The number of hydrogen-bond acceptors (Lipinski definition) is 1. The first-order valence-electron chi connectivity index (χ1n) is 5.54. The van der Waals surface area contributed by atoms with Gasteiger partial charge >= 0.3 is 0 Å². The number of fused-ring (bicyclic) bond motifs is 1. The first kappa shape index (κ1) is 10.9. The van der Waals surface area contributed by atoms with Crippen molar-refractivity contribution in [3.05, 3.63) is 63.6 Å². The van der Waals surface area contributed by atoms with Crippen LogP contribution in [-0.4, -0.2) is 0 Å². The molecule has 0 saturated carbocycles. The Hall–Kier alpha value is -1.18. The molecule has 1 nitrogen and oxygen atoms in total. The van der Waals surface area contributed by atoms with Gasteiger partial charge in [-0.2, -0.15) is 0 Å². The zero-order valence-corrected chi connectivity index (χ0v) is 10.6. The monoisotopic (exact) mass is 263 g/mol. The molecule has 0 radical (unpaired) electrons. The molecule has 0 spiro atoms. The molecule has 2 aromatic rings. The minimum absolute atomic E-state index is 0.221. The van der Waals surface area contributed by atoms with E-state index in [0.29, 0.717) is 10.0 Å². The van der Waals surface area contributed by atoms with Crippen molar-refractivity contribution >= 4 is 28.9 Å². The molecule has 0 aliphatic carbocycles. The van der Waals surface area contributed by atoms with Gasteiger partial charge in [-0.1, -0.05) is 53.5 Å². The number of hydrogen-bond donors (Lipinski definition) is 1. The van der Waals surface area contributed by atoms with E-state index in [1.54, 1.807) is 0 Å². The Kier molecular flexibility index (Phi) is 2.73. The summed E-state index contributed by atoms with van der Waals surface area (Å²) in [4.78, 5) is 0. The summed E-state index contributed by atoms with van der Waals surface area (Å²) in [6, 6.07) is 14.3. The van der Waals surface area contributed by atoms with Crippen molar-refractivity contribution in [1.29, 1.82) is 0 Å². The van der Waals surface area contributed by atoms with Crippen LogP contribution in [0.15, 0.2) is 42.5 Å². The van der Waals surface area contributed by atoms with Crippen molar-refractivity contribution in [2.24, 2.45) is 0 Å². The lowest BCUT2D eigenvalue weighted by molar-refractivity contribution is 0.824. The second-order valence-electron chi connectivity index (χ2n) is 4.20. The first-order valence-corrected chi connectivity index (χ1v) is 6.29. The van der Waals surface area contributed by atoms with Crippen LogP contribution in [0.4, 0.5) is 5.69 Å². The highest BCUT2D eigenvalue weighted by Gasteiger charge is 2.23. The topological polar surface area (TPSA) is 12.0 Å². The van der Waals surface area contributed by atoms with Gasteiger partial charge in [-0.05, 0) is 29.7 Å². The van der Waals surface area contributed by atoms with E-state index in [9.17, 15) is 0 Å². The van der Waals surface area contributed by atoms with Crippen molar-refractivity contribution in [2.75, 3.05) is 5.32 Å². The van der Waals surface area contributed by atoms with Gasteiger partial charge in [0, 0.05) is 5.69 Å². The predicted octanol–water partition coefficient (Wildman–Crippen LogP) is 4.70. The summed E-state index contributed by atoms with van der Waals surface area (Å²) in [6.45, 7) is 0. The third kappa shape index (κ3) is 1.90. The van der Waals surface area contributed by atoms with E-state index in [-0.39, 0.29) is 6.04 Å². The number of para-hydroxylation sites is 1. The minimum atomic E-state index is 0.221. The van der Waals surface area contributed by atoms with E-state index < -0.39 is 0 Å². The highest BCUT2D eigenvalue weighted by Crippen LogP contribution is 2.38. The second kappa shape index (κ2) is 4.25. The molecule has 0 aromatic heterocycles. The van der Waals surface area contributed by atoms with Crippen LogP contribution in [0.1, 0.15) is 17.2 Å². The number of anilines is 1. The van der Waals surface area contributed by atoms with Gasteiger partial charge in [0.1, 0.15) is 0 Å². The van der Waals surface area contributed by atoms with Crippen LogP contribution >= 0.6 is 23.2 Å². The predicted molar refractivity (Wildman–Crippen MR) is 73.0 cm³/mol. The Bertz CT molecular complexity index is 541. The summed E-state index contributed by atoms with van der Waals surface area (Å²) in [5.74, 6) is 0. The number of nitrogens with one attached hydrogen (secondary N) is 1. The molecule has 0 fully saturated rings. The highest BCUT2D eigenvalue weighted by molar-refractivity contribution is 6.42. The number of benzene rings is 2. The van der Waals surface area contributed by atoms with Gasteiger partial charge in [0.15, 0.2) is 0 Å². The second-order valence-corrected chi connectivity index (χ2v) is 4.99. The third-order valence-electron chi connectivity index (χ3n) is 3.13. The molecule has 0 amide bonds. The molecular weight excluding hydrogens is 253 g/mol. The largest absolute Gasteiger partial charge is 0.378 e. The third-order valence-corrected chi connectivity index (χ3v) is 3.96. The molecule has 1 aliphatic heterocycles. The lowest BCUT2D eigenvalue weighted by atomic mass is 10.0. The molecule has 0 bridgehead atoms. The molecule has 3 heteroatoms. The minimum Gasteiger partial charge on any atom is -0.378 e. The zero-order chi connectivity index (χ0) is 11.8. The Morgan fingerprint density at radius 2 is 1.82 bits per heavy atom. The van der Waals surface area contributed by atoms with Crippen LogP contribution < -0.4 is 5.32 Å². The summed E-state index contributed by atoms with van der Waals surface area (Å²) < 4.78 is 0. The van der Waals surface area contributed by atoms with E-state index >= 15 is 0 Å². The normalized spacial score (nSPS) is 17.6. The molecule has 1 unspecified atom stereocenters. The zero-order valence-electron chi connectivity index (χ0n) is 9.08. The summed E-state index contributed by atoms with van der Waals surface area (Å²) in [5.41, 5.74) is 3.58. The molecule has 1 N–H and O–H groups in total. The van der Waals surface area contributed by atoms with Crippen LogP contribution in [0.25, 0.3) is 0 Å². The van der Waals surface area contributed by atoms with Crippen LogP contribution in [0.3, 0.4) is 0 Å². The molecule has 17 heavy (non-hydrogen) atoms. The quantitative estimate of drug-likeness (QED) is 0.787. The van der Waals surface area contributed by atoms with E-state index in [2.05, 4.69) is 23.5 Å². The van der Waals surface area contributed by atoms with E-state index in [0.717, 1.165) is 12.0 Å². The fourth-order valence-electron chi connectivity index (χ4n) is 2.28.